The smallest absolute Gasteiger partial charge is 0.239 e. The molecule has 0 atom stereocenters. The van der Waals surface area contributed by atoms with Crippen molar-refractivity contribution in [2.45, 2.75) is 25.9 Å². The minimum Gasteiger partial charge on any atom is -0.350 e. The maximum atomic E-state index is 11.6. The van der Waals surface area contributed by atoms with Gasteiger partial charge in [0.05, 0.1) is 5.54 Å². The summed E-state index contributed by atoms with van der Waals surface area (Å²) in [6.45, 7) is 4.32. The van der Waals surface area contributed by atoms with Crippen LogP contribution in [0, 0.1) is 0 Å². The molecule has 78 valence electrons. The number of hydrogen-bond donors (Lipinski definition) is 2. The summed E-state index contributed by atoms with van der Waals surface area (Å²) < 4.78 is 0. The topological polar surface area (TPSA) is 41.1 Å². The predicted octanol–water partition coefficient (Wildman–Crippen LogP) is 1.36. The summed E-state index contributed by atoms with van der Waals surface area (Å²) in [5, 5.41) is 9.88. The first-order chi connectivity index (χ1) is 6.56. The van der Waals surface area contributed by atoms with E-state index in [0.29, 0.717) is 6.54 Å². The highest BCUT2D eigenvalue weighted by Crippen LogP contribution is 2.06. The third kappa shape index (κ3) is 2.82. The lowest BCUT2D eigenvalue weighted by molar-refractivity contribution is -0.126. The van der Waals surface area contributed by atoms with Gasteiger partial charge in [0.25, 0.3) is 0 Å². The van der Waals surface area contributed by atoms with Crippen LogP contribution in [0.5, 0.6) is 0 Å². The van der Waals surface area contributed by atoms with Gasteiger partial charge in [-0.05, 0) is 43.3 Å². The summed E-state index contributed by atoms with van der Waals surface area (Å²) >= 11 is 1.64. The predicted molar refractivity (Wildman–Crippen MR) is 59.3 cm³/mol. The Kier molecular flexibility index (Phi) is 3.66. The van der Waals surface area contributed by atoms with Crippen LogP contribution in [0.2, 0.25) is 0 Å². The largest absolute Gasteiger partial charge is 0.350 e. The fourth-order valence-corrected chi connectivity index (χ4v) is 1.58. The number of amides is 1. The zero-order chi connectivity index (χ0) is 10.6. The van der Waals surface area contributed by atoms with Crippen molar-refractivity contribution in [1.82, 2.24) is 10.6 Å². The van der Waals surface area contributed by atoms with Gasteiger partial charge in [-0.15, -0.1) is 0 Å². The van der Waals surface area contributed by atoms with Gasteiger partial charge in [0, 0.05) is 6.54 Å². The van der Waals surface area contributed by atoms with Crippen LogP contribution < -0.4 is 10.6 Å². The van der Waals surface area contributed by atoms with Gasteiger partial charge in [-0.3, -0.25) is 4.79 Å². The van der Waals surface area contributed by atoms with Gasteiger partial charge in [-0.25, -0.2) is 0 Å². The van der Waals surface area contributed by atoms with Crippen LogP contribution in [0.3, 0.4) is 0 Å². The molecular formula is C10H16N2OS. The molecule has 0 spiro atoms. The Hall–Kier alpha value is -0.870. The number of nitrogens with one attached hydrogen (secondary N) is 2. The standard InChI is InChI=1S/C10H16N2OS/c1-10(2,11-3)9(13)12-6-8-4-5-14-7-8/h4-5,7,11H,6H2,1-3H3,(H,12,13). The van der Waals surface area contributed by atoms with Gasteiger partial charge in [0.15, 0.2) is 0 Å². The first kappa shape index (κ1) is 11.2. The Balaban J connectivity index is 2.43. The first-order valence-electron chi connectivity index (χ1n) is 4.54. The molecule has 3 nitrogen and oxygen atoms in total. The van der Waals surface area contributed by atoms with Crippen LogP contribution in [-0.4, -0.2) is 18.5 Å². The summed E-state index contributed by atoms with van der Waals surface area (Å²) in [5.41, 5.74) is 0.644. The molecule has 0 fully saturated rings. The molecule has 14 heavy (non-hydrogen) atoms. The van der Waals surface area contributed by atoms with Gasteiger partial charge in [0.1, 0.15) is 0 Å². The molecule has 0 bridgehead atoms. The van der Waals surface area contributed by atoms with Crippen LogP contribution in [0.4, 0.5) is 0 Å². The fourth-order valence-electron chi connectivity index (χ4n) is 0.910. The Morgan fingerprint density at radius 3 is 2.79 bits per heavy atom. The van der Waals surface area contributed by atoms with Crippen LogP contribution in [0.15, 0.2) is 16.8 Å². The summed E-state index contributed by atoms with van der Waals surface area (Å²) in [6, 6.07) is 2.01. The molecule has 1 heterocycles. The average Bonchev–Trinajstić information content (AvgIpc) is 2.66. The quantitative estimate of drug-likeness (QED) is 0.791. The monoisotopic (exact) mass is 212 g/mol. The second-order valence-electron chi connectivity index (χ2n) is 3.69. The number of carbonyl (C=O) groups excluding carboxylic acids is 1. The van der Waals surface area contributed by atoms with Crippen molar-refractivity contribution in [3.8, 4) is 0 Å². The molecule has 4 heteroatoms. The van der Waals surface area contributed by atoms with Gasteiger partial charge >= 0.3 is 0 Å². The van der Waals surface area contributed by atoms with Crippen molar-refractivity contribution < 1.29 is 4.79 Å². The Morgan fingerprint density at radius 2 is 2.29 bits per heavy atom. The minimum atomic E-state index is -0.504. The fraction of sp³-hybridized carbons (Fsp3) is 0.500. The second-order valence-corrected chi connectivity index (χ2v) is 4.47. The summed E-state index contributed by atoms with van der Waals surface area (Å²) in [7, 11) is 1.78. The number of thiophene rings is 1. The lowest BCUT2D eigenvalue weighted by Gasteiger charge is -2.22. The number of hydrogen-bond acceptors (Lipinski definition) is 3. The van der Waals surface area contributed by atoms with Crippen molar-refractivity contribution in [1.29, 1.82) is 0 Å². The van der Waals surface area contributed by atoms with E-state index in [4.69, 9.17) is 0 Å². The van der Waals surface area contributed by atoms with Crippen molar-refractivity contribution in [2.75, 3.05) is 7.05 Å². The molecular weight excluding hydrogens is 196 g/mol. The van der Waals surface area contributed by atoms with E-state index in [0.717, 1.165) is 5.56 Å². The van der Waals surface area contributed by atoms with E-state index < -0.39 is 5.54 Å². The van der Waals surface area contributed by atoms with Gasteiger partial charge in [-0.2, -0.15) is 11.3 Å². The highest BCUT2D eigenvalue weighted by molar-refractivity contribution is 7.07. The Labute approximate surface area is 88.5 Å². The van der Waals surface area contributed by atoms with Crippen LogP contribution in [0.1, 0.15) is 19.4 Å². The van der Waals surface area contributed by atoms with E-state index in [-0.39, 0.29) is 5.91 Å². The molecule has 1 aromatic rings. The van der Waals surface area contributed by atoms with E-state index in [1.54, 1.807) is 18.4 Å². The molecule has 1 amide bonds. The SMILES string of the molecule is CNC(C)(C)C(=O)NCc1ccsc1. The van der Waals surface area contributed by atoms with Crippen LogP contribution in [-0.2, 0) is 11.3 Å². The molecule has 0 saturated carbocycles. The highest BCUT2D eigenvalue weighted by Gasteiger charge is 2.24. The third-order valence-corrected chi connectivity index (χ3v) is 2.96. The van der Waals surface area contributed by atoms with E-state index in [1.165, 1.54) is 0 Å². The highest BCUT2D eigenvalue weighted by atomic mass is 32.1. The van der Waals surface area contributed by atoms with Crippen LogP contribution >= 0.6 is 11.3 Å². The minimum absolute atomic E-state index is 0.0196. The number of likely N-dealkylation sites (N-methyl/N-ethyl adjacent to an activating group) is 1. The summed E-state index contributed by atoms with van der Waals surface area (Å²) in [4.78, 5) is 11.6. The van der Waals surface area contributed by atoms with Crippen LogP contribution in [0.25, 0.3) is 0 Å². The van der Waals surface area contributed by atoms with Crippen molar-refractivity contribution in [2.24, 2.45) is 0 Å². The number of rotatable bonds is 4. The summed E-state index contributed by atoms with van der Waals surface area (Å²) in [5.74, 6) is 0.0196. The Morgan fingerprint density at radius 1 is 1.57 bits per heavy atom. The molecule has 0 aliphatic carbocycles. The third-order valence-electron chi connectivity index (χ3n) is 2.23. The van der Waals surface area contributed by atoms with E-state index >= 15 is 0 Å². The lowest BCUT2D eigenvalue weighted by Crippen LogP contribution is -2.50. The van der Waals surface area contributed by atoms with E-state index in [2.05, 4.69) is 10.6 Å². The van der Waals surface area contributed by atoms with Gasteiger partial charge in [0.2, 0.25) is 5.91 Å². The van der Waals surface area contributed by atoms with Crippen molar-refractivity contribution in [3.63, 3.8) is 0 Å². The molecule has 0 radical (unpaired) electrons. The summed E-state index contributed by atoms with van der Waals surface area (Å²) in [6.07, 6.45) is 0. The zero-order valence-electron chi connectivity index (χ0n) is 8.76. The first-order valence-corrected chi connectivity index (χ1v) is 5.49. The molecule has 1 aromatic heterocycles. The van der Waals surface area contributed by atoms with E-state index in [1.807, 2.05) is 30.7 Å². The van der Waals surface area contributed by atoms with Gasteiger partial charge < -0.3 is 10.6 Å². The Bertz CT molecular complexity index is 293. The average molecular weight is 212 g/mol. The zero-order valence-corrected chi connectivity index (χ0v) is 9.57. The molecule has 0 aliphatic rings. The molecule has 2 N–H and O–H groups in total. The maximum absolute atomic E-state index is 11.6. The maximum Gasteiger partial charge on any atom is 0.239 e. The van der Waals surface area contributed by atoms with Gasteiger partial charge in [-0.1, -0.05) is 0 Å². The lowest BCUT2D eigenvalue weighted by atomic mass is 10.1. The normalized spacial score (nSPS) is 11.4. The molecule has 0 unspecified atom stereocenters. The molecule has 0 saturated heterocycles. The molecule has 0 aliphatic heterocycles. The molecule has 1 rings (SSSR count). The van der Waals surface area contributed by atoms with E-state index in [9.17, 15) is 4.79 Å². The molecule has 0 aromatic carbocycles. The van der Waals surface area contributed by atoms with Crippen molar-refractivity contribution >= 4 is 17.2 Å². The number of carbonyl (C=O) groups is 1. The second kappa shape index (κ2) is 4.57. The van der Waals surface area contributed by atoms with Crippen molar-refractivity contribution in [3.05, 3.63) is 22.4 Å².